The number of hydrogen-bond donors (Lipinski definition) is 0. The molecule has 4 heteroatoms. The summed E-state index contributed by atoms with van der Waals surface area (Å²) >= 11 is 0. The molecule has 0 spiro atoms. The Kier molecular flexibility index (Phi) is 9.81. The second-order valence-electron chi connectivity index (χ2n) is 16.6. The number of benzene rings is 10. The monoisotopic (exact) mass is 844 g/mol. The van der Waals surface area contributed by atoms with E-state index in [9.17, 15) is 0 Å². The lowest BCUT2D eigenvalue weighted by Gasteiger charge is -2.25. The molecule has 0 fully saturated rings. The van der Waals surface area contributed by atoms with Gasteiger partial charge in [0.25, 0.3) is 0 Å². The van der Waals surface area contributed by atoms with Gasteiger partial charge in [0.15, 0.2) is 0 Å². The van der Waals surface area contributed by atoms with E-state index in [1.54, 1.807) is 0 Å². The zero-order valence-corrected chi connectivity index (χ0v) is 36.2. The van der Waals surface area contributed by atoms with Crippen LogP contribution in [0.2, 0.25) is 0 Å². The van der Waals surface area contributed by atoms with Crippen molar-refractivity contribution in [1.29, 1.82) is 0 Å². The molecule has 12 aromatic rings. The Morgan fingerprint density at radius 1 is 0.242 bits per heavy atom. The lowest BCUT2D eigenvalue weighted by Crippen LogP contribution is -2.09. The van der Waals surface area contributed by atoms with Gasteiger partial charge < -0.3 is 18.9 Å². The Morgan fingerprint density at radius 2 is 0.515 bits per heavy atom. The number of nitrogens with zero attached hydrogens (tertiary/aromatic N) is 4. The minimum atomic E-state index is 1.10. The van der Waals surface area contributed by atoms with Crippen LogP contribution in [0.25, 0.3) is 67.1 Å². The van der Waals surface area contributed by atoms with E-state index in [1.807, 2.05) is 0 Å². The molecule has 0 unspecified atom stereocenters. The van der Waals surface area contributed by atoms with Crippen molar-refractivity contribution >= 4 is 89.9 Å². The Balaban J connectivity index is 0.970. The maximum Gasteiger partial charge on any atom is 0.0561 e. The number of hydrogen-bond acceptors (Lipinski definition) is 2. The third-order valence-corrected chi connectivity index (χ3v) is 12.6. The number of rotatable bonds is 10. The Morgan fingerprint density at radius 3 is 0.833 bits per heavy atom. The molecule has 2 heterocycles. The first-order valence-corrected chi connectivity index (χ1v) is 22.5. The molecule has 0 saturated carbocycles. The molecule has 0 radical (unpaired) electrons. The second kappa shape index (κ2) is 16.7. The third-order valence-electron chi connectivity index (χ3n) is 12.6. The van der Waals surface area contributed by atoms with Gasteiger partial charge in [0.05, 0.1) is 22.1 Å². The predicted molar refractivity (Wildman–Crippen MR) is 280 cm³/mol. The van der Waals surface area contributed by atoms with Crippen molar-refractivity contribution in [2.75, 3.05) is 9.80 Å². The number of para-hydroxylation sites is 6. The van der Waals surface area contributed by atoms with E-state index in [4.69, 9.17) is 0 Å². The lowest BCUT2D eigenvalue weighted by atomic mass is 10.1. The van der Waals surface area contributed by atoms with E-state index in [2.05, 4.69) is 286 Å². The zero-order chi connectivity index (χ0) is 43.8. The van der Waals surface area contributed by atoms with Gasteiger partial charge in [0.1, 0.15) is 0 Å². The van der Waals surface area contributed by atoms with Crippen LogP contribution in [0.15, 0.2) is 255 Å². The highest BCUT2D eigenvalue weighted by Gasteiger charge is 2.20. The maximum atomic E-state index is 2.41. The molecule has 0 saturated heterocycles. The van der Waals surface area contributed by atoms with Crippen LogP contribution in [0.4, 0.5) is 34.1 Å². The van der Waals surface area contributed by atoms with E-state index in [0.717, 1.165) is 78.7 Å². The SMILES string of the molecule is C(=Cc1ccc2c3ccc(N(c4ccccc4)c4ccccc4)cc3n(-c3ccccc3)c2c1)c1ccc2c3ccc(N(c4ccccc4)c4ccccc4)cc3n(-c3ccccc3)c2c1. The van der Waals surface area contributed by atoms with Crippen LogP contribution in [0.1, 0.15) is 11.1 Å². The topological polar surface area (TPSA) is 16.3 Å². The third kappa shape index (κ3) is 6.98. The quantitative estimate of drug-likeness (QED) is 0.128. The van der Waals surface area contributed by atoms with Crippen LogP contribution in [-0.2, 0) is 0 Å². The van der Waals surface area contributed by atoms with Gasteiger partial charge >= 0.3 is 0 Å². The van der Waals surface area contributed by atoms with Crippen LogP contribution in [-0.4, -0.2) is 9.13 Å². The molecular formula is C62H44N4. The van der Waals surface area contributed by atoms with Crippen molar-refractivity contribution in [2.45, 2.75) is 0 Å². The van der Waals surface area contributed by atoms with E-state index < -0.39 is 0 Å². The fourth-order valence-corrected chi connectivity index (χ4v) is 9.64. The molecule has 10 aromatic carbocycles. The highest BCUT2D eigenvalue weighted by atomic mass is 15.2. The van der Waals surface area contributed by atoms with Crippen molar-refractivity contribution in [3.8, 4) is 11.4 Å². The van der Waals surface area contributed by atoms with Gasteiger partial charge in [-0.3, -0.25) is 0 Å². The molecule has 0 amide bonds. The first-order chi connectivity index (χ1) is 32.7. The van der Waals surface area contributed by atoms with Crippen LogP contribution >= 0.6 is 0 Å². The summed E-state index contributed by atoms with van der Waals surface area (Å²) in [4.78, 5) is 4.66. The maximum absolute atomic E-state index is 2.41. The standard InChI is InChI=1S/C62H44N4/c1-7-19-47(20-8-1)63(48-21-9-2-10-22-48)53-35-39-57-55-37-33-45(41-59(55)65(61(57)43-53)51-27-15-5-16-28-51)31-32-46-34-38-56-58-40-36-54(44-62(58)66(60(56)42-46)52-29-17-6-18-30-52)64(49-23-11-3-12-24-49)50-25-13-4-14-26-50/h1-44H. The van der Waals surface area contributed by atoms with Crippen molar-refractivity contribution < 1.29 is 0 Å². The summed E-state index contributed by atoms with van der Waals surface area (Å²) in [5.41, 5.74) is 15.8. The summed E-state index contributed by atoms with van der Waals surface area (Å²) in [6.45, 7) is 0. The largest absolute Gasteiger partial charge is 0.310 e. The van der Waals surface area contributed by atoms with E-state index in [-0.39, 0.29) is 0 Å². The highest BCUT2D eigenvalue weighted by molar-refractivity contribution is 6.12. The normalized spacial score (nSPS) is 11.6. The highest BCUT2D eigenvalue weighted by Crippen LogP contribution is 2.42. The van der Waals surface area contributed by atoms with Gasteiger partial charge in [-0.15, -0.1) is 0 Å². The molecule has 0 atom stereocenters. The second-order valence-corrected chi connectivity index (χ2v) is 16.6. The van der Waals surface area contributed by atoms with E-state index in [1.165, 1.54) is 21.5 Å². The van der Waals surface area contributed by atoms with E-state index >= 15 is 0 Å². The summed E-state index contributed by atoms with van der Waals surface area (Å²) in [6, 6.07) is 91.3. The molecule has 12 rings (SSSR count). The predicted octanol–water partition coefficient (Wildman–Crippen LogP) is 17.0. The van der Waals surface area contributed by atoms with Crippen LogP contribution < -0.4 is 9.80 Å². The molecule has 312 valence electrons. The molecular weight excluding hydrogens is 801 g/mol. The molecule has 0 aliphatic carbocycles. The van der Waals surface area contributed by atoms with E-state index in [0.29, 0.717) is 0 Å². The van der Waals surface area contributed by atoms with Gasteiger partial charge in [-0.1, -0.05) is 158 Å². The number of anilines is 6. The average molecular weight is 845 g/mol. The van der Waals surface area contributed by atoms with Gasteiger partial charge in [-0.2, -0.15) is 0 Å². The summed E-state index contributed by atoms with van der Waals surface area (Å²) in [7, 11) is 0. The summed E-state index contributed by atoms with van der Waals surface area (Å²) in [6.07, 6.45) is 4.49. The average Bonchev–Trinajstić information content (AvgIpc) is 3.89. The van der Waals surface area contributed by atoms with Crippen LogP contribution in [0.3, 0.4) is 0 Å². The van der Waals surface area contributed by atoms with Crippen molar-refractivity contribution in [2.24, 2.45) is 0 Å². The molecule has 0 N–H and O–H groups in total. The van der Waals surface area contributed by atoms with Crippen molar-refractivity contribution in [3.05, 3.63) is 266 Å². The van der Waals surface area contributed by atoms with Crippen LogP contribution in [0.5, 0.6) is 0 Å². The zero-order valence-electron chi connectivity index (χ0n) is 36.2. The summed E-state index contributed by atoms with van der Waals surface area (Å²) < 4.78 is 4.82. The smallest absolute Gasteiger partial charge is 0.0561 e. The van der Waals surface area contributed by atoms with Crippen molar-refractivity contribution in [3.63, 3.8) is 0 Å². The Bertz CT molecular complexity index is 3350. The lowest BCUT2D eigenvalue weighted by molar-refractivity contribution is 1.18. The fraction of sp³-hybridized carbons (Fsp3) is 0. The van der Waals surface area contributed by atoms with Gasteiger partial charge in [-0.25, -0.2) is 0 Å². The minimum Gasteiger partial charge on any atom is -0.310 e. The number of fused-ring (bicyclic) bond motifs is 6. The first kappa shape index (κ1) is 38.8. The van der Waals surface area contributed by atoms with Crippen LogP contribution in [0, 0.1) is 0 Å². The molecule has 0 bridgehead atoms. The van der Waals surface area contributed by atoms with Gasteiger partial charge in [0, 0.05) is 67.0 Å². The molecule has 66 heavy (non-hydrogen) atoms. The minimum absolute atomic E-state index is 1.10. The molecule has 0 aliphatic rings. The summed E-state index contributed by atoms with van der Waals surface area (Å²) in [5.74, 6) is 0. The van der Waals surface area contributed by atoms with Gasteiger partial charge in [-0.05, 0) is 120 Å². The molecule has 0 aliphatic heterocycles. The first-order valence-electron chi connectivity index (χ1n) is 22.5. The van der Waals surface area contributed by atoms with Gasteiger partial charge in [0.2, 0.25) is 0 Å². The van der Waals surface area contributed by atoms with Crippen molar-refractivity contribution in [1.82, 2.24) is 9.13 Å². The molecule has 4 nitrogen and oxygen atoms in total. The molecule has 2 aromatic heterocycles. The Hall–Kier alpha value is -8.86. The number of aromatic nitrogens is 2. The summed E-state index contributed by atoms with van der Waals surface area (Å²) in [5, 5.41) is 4.86. The Labute approximate surface area is 384 Å². The fourth-order valence-electron chi connectivity index (χ4n) is 9.64.